The van der Waals surface area contributed by atoms with Crippen LogP contribution in [0.25, 0.3) is 0 Å². The number of benzene rings is 1. The molecule has 0 saturated carbocycles. The number of rotatable bonds is 3. The Hall–Kier alpha value is -1.59. The van der Waals surface area contributed by atoms with Crippen LogP contribution in [0, 0.1) is 5.41 Å². The number of hydrogen-bond acceptors (Lipinski definition) is 3. The second-order valence-electron chi connectivity index (χ2n) is 6.36. The summed E-state index contributed by atoms with van der Waals surface area (Å²) in [5.41, 5.74) is 0.899. The molecule has 6 heteroatoms. The molecule has 23 heavy (non-hydrogen) atoms. The SMILES string of the molecule is Cl.O=C(NCC(=O)N1CCC2(CCNCC2)C1)c1ccccc1. The lowest BCUT2D eigenvalue weighted by molar-refractivity contribution is -0.129. The summed E-state index contributed by atoms with van der Waals surface area (Å²) < 4.78 is 0. The molecule has 1 spiro atoms. The van der Waals surface area contributed by atoms with E-state index in [0.29, 0.717) is 11.0 Å². The van der Waals surface area contributed by atoms with Crippen LogP contribution in [-0.2, 0) is 4.79 Å². The molecule has 126 valence electrons. The maximum Gasteiger partial charge on any atom is 0.251 e. The van der Waals surface area contributed by atoms with Gasteiger partial charge < -0.3 is 15.5 Å². The number of amides is 2. The number of likely N-dealkylation sites (tertiary alicyclic amines) is 1. The minimum absolute atomic E-state index is 0. The molecular formula is C17H24ClN3O2. The highest BCUT2D eigenvalue weighted by atomic mass is 35.5. The van der Waals surface area contributed by atoms with Crippen molar-refractivity contribution in [3.05, 3.63) is 35.9 Å². The Labute approximate surface area is 143 Å². The van der Waals surface area contributed by atoms with E-state index in [2.05, 4.69) is 10.6 Å². The number of hydrogen-bond donors (Lipinski definition) is 2. The van der Waals surface area contributed by atoms with Gasteiger partial charge in [0.2, 0.25) is 5.91 Å². The Kier molecular flexibility index (Phi) is 6.02. The van der Waals surface area contributed by atoms with Gasteiger partial charge in [0, 0.05) is 18.7 Å². The molecule has 1 aromatic carbocycles. The van der Waals surface area contributed by atoms with Crippen molar-refractivity contribution >= 4 is 24.2 Å². The second kappa shape index (κ2) is 7.79. The number of carbonyl (C=O) groups is 2. The van der Waals surface area contributed by atoms with Crippen LogP contribution in [0.5, 0.6) is 0 Å². The topological polar surface area (TPSA) is 61.4 Å². The standard InChI is InChI=1S/C17H23N3O2.ClH/c21-15(12-19-16(22)14-4-2-1-3-5-14)20-11-8-17(13-20)6-9-18-10-7-17;/h1-5,18H,6-13H2,(H,19,22);1H. The predicted octanol–water partition coefficient (Wildman–Crippen LogP) is 1.44. The Bertz CT molecular complexity index is 544. The van der Waals surface area contributed by atoms with Crippen LogP contribution in [0.1, 0.15) is 29.6 Å². The molecule has 0 aliphatic carbocycles. The fourth-order valence-corrected chi connectivity index (χ4v) is 3.47. The molecule has 2 aliphatic rings. The lowest BCUT2D eigenvalue weighted by Crippen LogP contribution is -2.42. The highest BCUT2D eigenvalue weighted by Gasteiger charge is 2.40. The second-order valence-corrected chi connectivity index (χ2v) is 6.36. The smallest absolute Gasteiger partial charge is 0.251 e. The molecule has 0 radical (unpaired) electrons. The van der Waals surface area contributed by atoms with Gasteiger partial charge >= 0.3 is 0 Å². The van der Waals surface area contributed by atoms with E-state index in [4.69, 9.17) is 0 Å². The number of halogens is 1. The summed E-state index contributed by atoms with van der Waals surface area (Å²) in [7, 11) is 0. The minimum Gasteiger partial charge on any atom is -0.343 e. The lowest BCUT2D eigenvalue weighted by Gasteiger charge is -2.33. The summed E-state index contributed by atoms with van der Waals surface area (Å²) in [6, 6.07) is 9.00. The predicted molar refractivity (Wildman–Crippen MR) is 91.8 cm³/mol. The van der Waals surface area contributed by atoms with Gasteiger partial charge in [0.15, 0.2) is 0 Å². The number of nitrogens with zero attached hydrogens (tertiary/aromatic N) is 1. The van der Waals surface area contributed by atoms with E-state index < -0.39 is 0 Å². The summed E-state index contributed by atoms with van der Waals surface area (Å²) in [5, 5.41) is 6.10. The molecule has 2 aliphatic heterocycles. The molecule has 2 fully saturated rings. The molecule has 0 aromatic heterocycles. The maximum absolute atomic E-state index is 12.3. The van der Waals surface area contributed by atoms with Crippen molar-refractivity contribution in [3.8, 4) is 0 Å². The summed E-state index contributed by atoms with van der Waals surface area (Å²) in [6.07, 6.45) is 3.38. The normalized spacial score (nSPS) is 19.2. The van der Waals surface area contributed by atoms with E-state index in [1.54, 1.807) is 12.1 Å². The van der Waals surface area contributed by atoms with E-state index in [1.807, 2.05) is 23.1 Å². The zero-order valence-electron chi connectivity index (χ0n) is 13.2. The van der Waals surface area contributed by atoms with Gasteiger partial charge in [0.1, 0.15) is 0 Å². The van der Waals surface area contributed by atoms with Gasteiger partial charge in [-0.05, 0) is 49.9 Å². The molecule has 2 amide bonds. The van der Waals surface area contributed by atoms with Crippen molar-refractivity contribution in [1.82, 2.24) is 15.5 Å². The average molecular weight is 338 g/mol. The molecule has 0 atom stereocenters. The molecule has 1 aromatic rings. The largest absolute Gasteiger partial charge is 0.343 e. The highest BCUT2D eigenvalue weighted by molar-refractivity contribution is 5.96. The van der Waals surface area contributed by atoms with Gasteiger partial charge in [0.25, 0.3) is 5.91 Å². The monoisotopic (exact) mass is 337 g/mol. The summed E-state index contributed by atoms with van der Waals surface area (Å²) in [5.74, 6) is -0.163. The third-order valence-electron chi connectivity index (χ3n) is 4.89. The van der Waals surface area contributed by atoms with Crippen LogP contribution in [0.15, 0.2) is 30.3 Å². The number of carbonyl (C=O) groups excluding carboxylic acids is 2. The van der Waals surface area contributed by atoms with Crippen molar-refractivity contribution < 1.29 is 9.59 Å². The fourth-order valence-electron chi connectivity index (χ4n) is 3.47. The molecule has 2 saturated heterocycles. The van der Waals surface area contributed by atoms with Crippen LogP contribution < -0.4 is 10.6 Å². The first kappa shape index (κ1) is 17.8. The Morgan fingerprint density at radius 3 is 2.52 bits per heavy atom. The Morgan fingerprint density at radius 1 is 1.13 bits per heavy atom. The van der Waals surface area contributed by atoms with Gasteiger partial charge in [-0.2, -0.15) is 0 Å². The third-order valence-corrected chi connectivity index (χ3v) is 4.89. The van der Waals surface area contributed by atoms with Gasteiger partial charge in [-0.1, -0.05) is 18.2 Å². The van der Waals surface area contributed by atoms with Crippen molar-refractivity contribution in [2.24, 2.45) is 5.41 Å². The van der Waals surface area contributed by atoms with Crippen molar-refractivity contribution in [2.45, 2.75) is 19.3 Å². The first-order chi connectivity index (χ1) is 10.7. The summed E-state index contributed by atoms with van der Waals surface area (Å²) in [4.78, 5) is 26.2. The molecular weight excluding hydrogens is 314 g/mol. The van der Waals surface area contributed by atoms with Crippen LogP contribution >= 0.6 is 12.4 Å². The van der Waals surface area contributed by atoms with Gasteiger partial charge in [0.05, 0.1) is 6.54 Å². The lowest BCUT2D eigenvalue weighted by atomic mass is 9.78. The molecule has 2 N–H and O–H groups in total. The quantitative estimate of drug-likeness (QED) is 0.877. The van der Waals surface area contributed by atoms with Crippen LogP contribution in [0.3, 0.4) is 0 Å². The Morgan fingerprint density at radius 2 is 1.83 bits per heavy atom. The summed E-state index contributed by atoms with van der Waals surface area (Å²) >= 11 is 0. The van der Waals surface area contributed by atoms with Gasteiger partial charge in [-0.25, -0.2) is 0 Å². The molecule has 3 rings (SSSR count). The maximum atomic E-state index is 12.3. The van der Waals surface area contributed by atoms with Crippen LogP contribution in [0.2, 0.25) is 0 Å². The van der Waals surface area contributed by atoms with Crippen LogP contribution in [0.4, 0.5) is 0 Å². The average Bonchev–Trinajstić information content (AvgIpc) is 2.97. The van der Waals surface area contributed by atoms with E-state index in [0.717, 1.165) is 45.4 Å². The van der Waals surface area contributed by atoms with Crippen molar-refractivity contribution in [1.29, 1.82) is 0 Å². The van der Waals surface area contributed by atoms with E-state index in [9.17, 15) is 9.59 Å². The van der Waals surface area contributed by atoms with E-state index >= 15 is 0 Å². The fraction of sp³-hybridized carbons (Fsp3) is 0.529. The number of piperidine rings is 1. The van der Waals surface area contributed by atoms with Crippen LogP contribution in [-0.4, -0.2) is 49.4 Å². The zero-order valence-corrected chi connectivity index (χ0v) is 14.0. The molecule has 2 heterocycles. The Balaban J connectivity index is 0.00000192. The number of nitrogens with one attached hydrogen (secondary N) is 2. The van der Waals surface area contributed by atoms with Gasteiger partial charge in [-0.3, -0.25) is 9.59 Å². The first-order valence-electron chi connectivity index (χ1n) is 8.00. The molecule has 0 bridgehead atoms. The summed E-state index contributed by atoms with van der Waals surface area (Å²) in [6.45, 7) is 3.84. The molecule has 5 nitrogen and oxygen atoms in total. The highest BCUT2D eigenvalue weighted by Crippen LogP contribution is 2.38. The van der Waals surface area contributed by atoms with E-state index in [-0.39, 0.29) is 30.8 Å². The minimum atomic E-state index is -0.190. The zero-order chi connectivity index (χ0) is 15.4. The van der Waals surface area contributed by atoms with Crippen molar-refractivity contribution in [2.75, 3.05) is 32.7 Å². The van der Waals surface area contributed by atoms with Crippen molar-refractivity contribution in [3.63, 3.8) is 0 Å². The molecule has 0 unspecified atom stereocenters. The van der Waals surface area contributed by atoms with Gasteiger partial charge in [-0.15, -0.1) is 12.4 Å². The third kappa shape index (κ3) is 4.24. The first-order valence-corrected chi connectivity index (χ1v) is 8.00. The van der Waals surface area contributed by atoms with E-state index in [1.165, 1.54) is 0 Å².